The first-order valence-corrected chi connectivity index (χ1v) is 4.85. The highest BCUT2D eigenvalue weighted by molar-refractivity contribution is 6.02. The highest BCUT2D eigenvalue weighted by Crippen LogP contribution is 2.27. The number of fused-ring (bicyclic) bond motifs is 3. The van der Waals surface area contributed by atoms with Crippen molar-refractivity contribution >= 4 is 22.1 Å². The Balaban J connectivity index is 2.43. The summed E-state index contributed by atoms with van der Waals surface area (Å²) >= 11 is 0. The lowest BCUT2D eigenvalue weighted by Gasteiger charge is -1.94. The lowest BCUT2D eigenvalue weighted by atomic mass is 10.1. The molecule has 0 atom stereocenters. The monoisotopic (exact) mass is 198 g/mol. The molecule has 0 amide bonds. The van der Waals surface area contributed by atoms with Crippen molar-refractivity contribution in [3.63, 3.8) is 0 Å². The van der Waals surface area contributed by atoms with Crippen molar-refractivity contribution in [2.75, 3.05) is 0 Å². The highest BCUT2D eigenvalue weighted by Gasteiger charge is 2.06. The number of nitrogens with two attached hydrogens (primary N) is 1. The number of hydrogen-bond acceptors (Lipinski definition) is 3. The molecule has 15 heavy (non-hydrogen) atoms. The van der Waals surface area contributed by atoms with Gasteiger partial charge in [-0.05, 0) is 29.8 Å². The standard InChI is InChI=1S/C12H10N2O/c13-7-8-3-4-9-11(6-8)15-10-2-1-5-14-12(9)10/h1-6H,7,13H2. The largest absolute Gasteiger partial charge is 0.454 e. The maximum atomic E-state index is 5.68. The molecule has 3 heteroatoms. The van der Waals surface area contributed by atoms with Crippen LogP contribution in [-0.2, 0) is 6.54 Å². The van der Waals surface area contributed by atoms with E-state index in [1.165, 1.54) is 0 Å². The van der Waals surface area contributed by atoms with Gasteiger partial charge >= 0.3 is 0 Å². The Morgan fingerprint density at radius 2 is 2.13 bits per heavy atom. The Morgan fingerprint density at radius 3 is 3.00 bits per heavy atom. The molecule has 0 spiro atoms. The molecule has 3 nitrogen and oxygen atoms in total. The van der Waals surface area contributed by atoms with E-state index in [4.69, 9.17) is 10.2 Å². The summed E-state index contributed by atoms with van der Waals surface area (Å²) in [6.07, 6.45) is 1.77. The number of aromatic nitrogens is 1. The predicted octanol–water partition coefficient (Wildman–Crippen LogP) is 2.44. The van der Waals surface area contributed by atoms with Crippen LogP contribution in [0.1, 0.15) is 5.56 Å². The van der Waals surface area contributed by atoms with Gasteiger partial charge in [0, 0.05) is 18.1 Å². The van der Waals surface area contributed by atoms with Gasteiger partial charge in [-0.3, -0.25) is 4.98 Å². The van der Waals surface area contributed by atoms with Crippen LogP contribution < -0.4 is 5.73 Å². The molecule has 2 N–H and O–H groups in total. The number of furan rings is 1. The summed E-state index contributed by atoms with van der Waals surface area (Å²) in [5.74, 6) is 0. The third-order valence-corrected chi connectivity index (χ3v) is 2.53. The van der Waals surface area contributed by atoms with Crippen LogP contribution in [0.15, 0.2) is 40.9 Å². The van der Waals surface area contributed by atoms with Crippen LogP contribution in [0, 0.1) is 0 Å². The minimum absolute atomic E-state index is 0.528. The maximum absolute atomic E-state index is 5.68. The zero-order valence-electron chi connectivity index (χ0n) is 8.10. The van der Waals surface area contributed by atoms with Gasteiger partial charge in [-0.2, -0.15) is 0 Å². The minimum atomic E-state index is 0.528. The molecule has 0 unspecified atom stereocenters. The predicted molar refractivity (Wildman–Crippen MR) is 59.4 cm³/mol. The average Bonchev–Trinajstić information content (AvgIpc) is 2.66. The fourth-order valence-electron chi connectivity index (χ4n) is 1.77. The van der Waals surface area contributed by atoms with Crippen LogP contribution in [0.5, 0.6) is 0 Å². The molecule has 0 bridgehead atoms. The fraction of sp³-hybridized carbons (Fsp3) is 0.0833. The molecule has 2 heterocycles. The first-order valence-electron chi connectivity index (χ1n) is 4.85. The molecule has 0 aliphatic carbocycles. The Bertz CT molecular complexity index is 628. The van der Waals surface area contributed by atoms with Crippen molar-refractivity contribution in [1.82, 2.24) is 4.98 Å². The molecule has 1 aromatic carbocycles. The van der Waals surface area contributed by atoms with E-state index in [9.17, 15) is 0 Å². The first kappa shape index (κ1) is 8.44. The second-order valence-electron chi connectivity index (χ2n) is 3.49. The van der Waals surface area contributed by atoms with Gasteiger partial charge < -0.3 is 10.2 Å². The second kappa shape index (κ2) is 3.07. The minimum Gasteiger partial charge on any atom is -0.454 e. The third kappa shape index (κ3) is 1.21. The number of nitrogens with zero attached hydrogens (tertiary/aromatic N) is 1. The summed E-state index contributed by atoms with van der Waals surface area (Å²) in [4.78, 5) is 4.30. The Kier molecular flexibility index (Phi) is 1.73. The summed E-state index contributed by atoms with van der Waals surface area (Å²) in [5, 5.41) is 1.04. The lowest BCUT2D eigenvalue weighted by molar-refractivity contribution is 0.667. The van der Waals surface area contributed by atoms with Gasteiger partial charge in [0.1, 0.15) is 11.1 Å². The van der Waals surface area contributed by atoms with Crippen molar-refractivity contribution in [2.45, 2.75) is 6.54 Å². The number of hydrogen-bond donors (Lipinski definition) is 1. The fourth-order valence-corrected chi connectivity index (χ4v) is 1.77. The molecular weight excluding hydrogens is 188 g/mol. The lowest BCUT2D eigenvalue weighted by Crippen LogP contribution is -1.94. The van der Waals surface area contributed by atoms with Crippen LogP contribution in [0.2, 0.25) is 0 Å². The molecule has 2 aromatic heterocycles. The van der Waals surface area contributed by atoms with Crippen molar-refractivity contribution in [3.05, 3.63) is 42.1 Å². The third-order valence-electron chi connectivity index (χ3n) is 2.53. The molecule has 0 radical (unpaired) electrons. The van der Waals surface area contributed by atoms with Crippen LogP contribution in [-0.4, -0.2) is 4.98 Å². The zero-order valence-corrected chi connectivity index (χ0v) is 8.10. The summed E-state index contributed by atoms with van der Waals surface area (Å²) in [6, 6.07) is 9.78. The Hall–Kier alpha value is -1.87. The van der Waals surface area contributed by atoms with E-state index in [1.54, 1.807) is 6.20 Å². The SMILES string of the molecule is NCc1ccc2c(c1)oc1cccnc12. The Labute approximate surface area is 86.5 Å². The van der Waals surface area contributed by atoms with E-state index < -0.39 is 0 Å². The van der Waals surface area contributed by atoms with E-state index in [-0.39, 0.29) is 0 Å². The van der Waals surface area contributed by atoms with Crippen molar-refractivity contribution in [3.8, 4) is 0 Å². The highest BCUT2D eigenvalue weighted by atomic mass is 16.3. The van der Waals surface area contributed by atoms with Gasteiger partial charge in [-0.25, -0.2) is 0 Å². The molecule has 74 valence electrons. The quantitative estimate of drug-likeness (QED) is 0.653. The van der Waals surface area contributed by atoms with E-state index in [0.29, 0.717) is 6.54 Å². The average molecular weight is 198 g/mol. The molecule has 0 aliphatic rings. The number of pyridine rings is 1. The summed E-state index contributed by atoms with van der Waals surface area (Å²) in [6.45, 7) is 0.528. The van der Waals surface area contributed by atoms with Crippen molar-refractivity contribution in [2.24, 2.45) is 5.73 Å². The summed E-state index contributed by atoms with van der Waals surface area (Å²) in [7, 11) is 0. The van der Waals surface area contributed by atoms with E-state index in [0.717, 1.165) is 27.6 Å². The molecule has 0 saturated carbocycles. The number of rotatable bonds is 1. The normalized spacial score (nSPS) is 11.3. The Morgan fingerprint density at radius 1 is 1.20 bits per heavy atom. The molecular formula is C12H10N2O. The van der Waals surface area contributed by atoms with Gasteiger partial charge in [0.05, 0.1) is 0 Å². The van der Waals surface area contributed by atoms with Crippen molar-refractivity contribution < 1.29 is 4.42 Å². The molecule has 0 saturated heterocycles. The van der Waals surface area contributed by atoms with Gasteiger partial charge in [0.2, 0.25) is 0 Å². The summed E-state index contributed by atoms with van der Waals surface area (Å²) < 4.78 is 5.68. The van der Waals surface area contributed by atoms with Gasteiger partial charge in [0.15, 0.2) is 5.58 Å². The van der Waals surface area contributed by atoms with Crippen LogP contribution in [0.4, 0.5) is 0 Å². The first-order chi connectivity index (χ1) is 7.38. The molecule has 0 fully saturated rings. The topological polar surface area (TPSA) is 52.0 Å². The maximum Gasteiger partial charge on any atom is 0.153 e. The molecule has 3 aromatic rings. The molecule has 3 rings (SSSR count). The smallest absolute Gasteiger partial charge is 0.153 e. The van der Waals surface area contributed by atoms with Crippen LogP contribution in [0.3, 0.4) is 0 Å². The van der Waals surface area contributed by atoms with Gasteiger partial charge in [-0.1, -0.05) is 6.07 Å². The van der Waals surface area contributed by atoms with E-state index in [2.05, 4.69) is 4.98 Å². The van der Waals surface area contributed by atoms with E-state index in [1.807, 2.05) is 30.3 Å². The van der Waals surface area contributed by atoms with E-state index >= 15 is 0 Å². The van der Waals surface area contributed by atoms with Gasteiger partial charge in [-0.15, -0.1) is 0 Å². The van der Waals surface area contributed by atoms with Gasteiger partial charge in [0.25, 0.3) is 0 Å². The van der Waals surface area contributed by atoms with Crippen molar-refractivity contribution in [1.29, 1.82) is 0 Å². The second-order valence-corrected chi connectivity index (χ2v) is 3.49. The summed E-state index contributed by atoms with van der Waals surface area (Å²) in [5.41, 5.74) is 9.24. The van der Waals surface area contributed by atoms with Crippen LogP contribution >= 0.6 is 0 Å². The van der Waals surface area contributed by atoms with Crippen LogP contribution in [0.25, 0.3) is 22.1 Å². The molecule has 0 aliphatic heterocycles. The zero-order chi connectivity index (χ0) is 10.3. The number of benzene rings is 1.